The molecule has 0 radical (unpaired) electrons. The summed E-state index contributed by atoms with van der Waals surface area (Å²) in [7, 11) is 1.59. The van der Waals surface area contributed by atoms with Crippen LogP contribution < -0.4 is 9.64 Å². The van der Waals surface area contributed by atoms with Crippen molar-refractivity contribution in [2.24, 2.45) is 0 Å². The van der Waals surface area contributed by atoms with Crippen LogP contribution in [-0.2, 0) is 11.2 Å². The number of hydrogen-bond acceptors (Lipinski definition) is 6. The highest BCUT2D eigenvalue weighted by atomic mass is 32.1. The molecule has 23 heavy (non-hydrogen) atoms. The van der Waals surface area contributed by atoms with Crippen LogP contribution in [0, 0.1) is 6.92 Å². The van der Waals surface area contributed by atoms with E-state index < -0.39 is 0 Å². The highest BCUT2D eigenvalue weighted by molar-refractivity contribution is 7.12. The van der Waals surface area contributed by atoms with E-state index in [1.54, 1.807) is 30.7 Å². The molecule has 0 atom stereocenters. The Hall–Kier alpha value is -2.15. The lowest BCUT2D eigenvalue weighted by Crippen LogP contribution is -2.49. The van der Waals surface area contributed by atoms with E-state index in [1.807, 2.05) is 11.0 Å². The summed E-state index contributed by atoms with van der Waals surface area (Å²) in [5.74, 6) is 1.41. The second-order valence-corrected chi connectivity index (χ2v) is 6.83. The monoisotopic (exact) mass is 332 g/mol. The number of ether oxygens (including phenoxy) is 1. The van der Waals surface area contributed by atoms with Gasteiger partial charge < -0.3 is 14.5 Å². The van der Waals surface area contributed by atoms with Gasteiger partial charge in [0, 0.05) is 48.2 Å². The number of methoxy groups -OCH3 is 1. The Bertz CT molecular complexity index is 680. The Morgan fingerprint density at radius 2 is 2.04 bits per heavy atom. The minimum Gasteiger partial charge on any atom is -0.481 e. The van der Waals surface area contributed by atoms with Crippen LogP contribution in [0.3, 0.4) is 0 Å². The molecule has 1 amide bonds. The molecule has 0 bridgehead atoms. The van der Waals surface area contributed by atoms with Crippen molar-refractivity contribution < 1.29 is 9.53 Å². The maximum atomic E-state index is 12.4. The van der Waals surface area contributed by atoms with Crippen molar-refractivity contribution in [3.8, 4) is 5.88 Å². The lowest BCUT2D eigenvalue weighted by Gasteiger charge is -2.34. The average Bonchev–Trinajstić information content (AvgIpc) is 3.00. The third-order valence-corrected chi connectivity index (χ3v) is 4.86. The third-order valence-electron chi connectivity index (χ3n) is 3.86. The predicted octanol–water partition coefficient (Wildman–Crippen LogP) is 1.75. The summed E-state index contributed by atoms with van der Waals surface area (Å²) < 4.78 is 5.13. The number of piperazine rings is 1. The number of amides is 1. The van der Waals surface area contributed by atoms with E-state index >= 15 is 0 Å². The van der Waals surface area contributed by atoms with Crippen molar-refractivity contribution >= 4 is 23.2 Å². The Labute approximate surface area is 139 Å². The normalized spacial score (nSPS) is 14.9. The molecule has 0 N–H and O–H groups in total. The molecule has 1 aliphatic heterocycles. The molecule has 0 unspecified atom stereocenters. The van der Waals surface area contributed by atoms with Crippen molar-refractivity contribution in [3.63, 3.8) is 0 Å². The number of aromatic nitrogens is 2. The number of carbonyl (C=O) groups excluding carboxylic acids is 1. The molecule has 7 heteroatoms. The number of thiophene rings is 1. The molecule has 0 aliphatic carbocycles. The van der Waals surface area contributed by atoms with E-state index in [1.165, 1.54) is 4.88 Å². The van der Waals surface area contributed by atoms with Gasteiger partial charge in [0.2, 0.25) is 17.7 Å². The molecule has 1 saturated heterocycles. The second-order valence-electron chi connectivity index (χ2n) is 5.46. The molecule has 2 aromatic rings. The van der Waals surface area contributed by atoms with Gasteiger partial charge in [-0.1, -0.05) is 0 Å². The lowest BCUT2D eigenvalue weighted by molar-refractivity contribution is -0.130. The summed E-state index contributed by atoms with van der Waals surface area (Å²) in [4.78, 5) is 27.4. The van der Waals surface area contributed by atoms with Gasteiger partial charge in [0.05, 0.1) is 13.5 Å². The molecule has 0 saturated carbocycles. The molecule has 6 nitrogen and oxygen atoms in total. The summed E-state index contributed by atoms with van der Waals surface area (Å²) in [5, 5.41) is 0. The molecule has 2 aromatic heterocycles. The first-order chi connectivity index (χ1) is 11.2. The minimum absolute atomic E-state index is 0.193. The van der Waals surface area contributed by atoms with Gasteiger partial charge >= 0.3 is 0 Å². The average molecular weight is 332 g/mol. The first-order valence-corrected chi connectivity index (χ1v) is 8.42. The van der Waals surface area contributed by atoms with Crippen molar-refractivity contribution in [1.82, 2.24) is 14.9 Å². The highest BCUT2D eigenvalue weighted by Gasteiger charge is 2.23. The third kappa shape index (κ3) is 3.79. The maximum Gasteiger partial charge on any atom is 0.228 e. The Morgan fingerprint density at radius 1 is 1.26 bits per heavy atom. The largest absolute Gasteiger partial charge is 0.481 e. The molecule has 1 aliphatic rings. The topological polar surface area (TPSA) is 58.6 Å². The first-order valence-electron chi connectivity index (χ1n) is 7.61. The van der Waals surface area contributed by atoms with Gasteiger partial charge in [-0.05, 0) is 19.1 Å². The molecular formula is C16H20N4O2S. The van der Waals surface area contributed by atoms with Crippen LogP contribution in [-0.4, -0.2) is 54.1 Å². The fourth-order valence-electron chi connectivity index (χ4n) is 2.60. The molecule has 122 valence electrons. The number of aryl methyl sites for hydroxylation is 1. The van der Waals surface area contributed by atoms with E-state index in [2.05, 4.69) is 27.9 Å². The summed E-state index contributed by atoms with van der Waals surface area (Å²) in [6.45, 7) is 4.93. The minimum atomic E-state index is 0.193. The molecule has 1 fully saturated rings. The van der Waals surface area contributed by atoms with Gasteiger partial charge in [0.1, 0.15) is 0 Å². The molecule has 0 spiro atoms. The van der Waals surface area contributed by atoms with Gasteiger partial charge in [0.25, 0.3) is 0 Å². The number of anilines is 1. The van der Waals surface area contributed by atoms with Gasteiger partial charge in [-0.25, -0.2) is 4.98 Å². The Balaban J connectivity index is 1.56. The van der Waals surface area contributed by atoms with Crippen LogP contribution in [0.15, 0.2) is 24.4 Å². The first kappa shape index (κ1) is 15.7. The summed E-state index contributed by atoms with van der Waals surface area (Å²) >= 11 is 1.69. The molecule has 3 heterocycles. The zero-order valence-electron chi connectivity index (χ0n) is 13.4. The number of hydrogen-bond donors (Lipinski definition) is 0. The predicted molar refractivity (Wildman–Crippen MR) is 90.1 cm³/mol. The summed E-state index contributed by atoms with van der Waals surface area (Å²) in [6, 6.07) is 5.83. The van der Waals surface area contributed by atoms with Crippen LogP contribution >= 0.6 is 11.3 Å². The van der Waals surface area contributed by atoms with Gasteiger partial charge in [-0.15, -0.1) is 11.3 Å². The van der Waals surface area contributed by atoms with Crippen LogP contribution in [0.1, 0.15) is 9.75 Å². The smallest absolute Gasteiger partial charge is 0.228 e. The van der Waals surface area contributed by atoms with Crippen LogP contribution in [0.5, 0.6) is 5.88 Å². The highest BCUT2D eigenvalue weighted by Crippen LogP contribution is 2.18. The lowest BCUT2D eigenvalue weighted by atomic mass is 10.2. The van der Waals surface area contributed by atoms with Crippen molar-refractivity contribution in [2.45, 2.75) is 13.3 Å². The van der Waals surface area contributed by atoms with E-state index in [4.69, 9.17) is 4.74 Å². The van der Waals surface area contributed by atoms with Crippen molar-refractivity contribution in [1.29, 1.82) is 0 Å². The van der Waals surface area contributed by atoms with E-state index in [9.17, 15) is 4.79 Å². The maximum absolute atomic E-state index is 12.4. The van der Waals surface area contributed by atoms with Crippen LogP contribution in [0.4, 0.5) is 5.95 Å². The zero-order valence-corrected chi connectivity index (χ0v) is 14.2. The quantitative estimate of drug-likeness (QED) is 0.854. The van der Waals surface area contributed by atoms with E-state index in [0.29, 0.717) is 31.3 Å². The summed E-state index contributed by atoms with van der Waals surface area (Å²) in [6.07, 6.45) is 2.19. The van der Waals surface area contributed by atoms with Gasteiger partial charge in [-0.2, -0.15) is 4.98 Å². The standard InChI is InChI=1S/C16H20N4O2S/c1-12-3-4-13(23-12)11-15(21)19-7-9-20(10-8-19)16-17-6-5-14(18-16)22-2/h3-6H,7-11H2,1-2H3. The van der Waals surface area contributed by atoms with Crippen molar-refractivity contribution in [2.75, 3.05) is 38.2 Å². The summed E-state index contributed by atoms with van der Waals surface area (Å²) in [5.41, 5.74) is 0. The van der Waals surface area contributed by atoms with Gasteiger partial charge in [-0.3, -0.25) is 4.79 Å². The Morgan fingerprint density at radius 3 is 2.70 bits per heavy atom. The van der Waals surface area contributed by atoms with E-state index in [0.717, 1.165) is 18.0 Å². The van der Waals surface area contributed by atoms with Crippen molar-refractivity contribution in [3.05, 3.63) is 34.2 Å². The fraction of sp³-hybridized carbons (Fsp3) is 0.438. The SMILES string of the molecule is COc1ccnc(N2CCN(C(=O)Cc3ccc(C)s3)CC2)n1. The number of nitrogens with zero attached hydrogens (tertiary/aromatic N) is 4. The van der Waals surface area contributed by atoms with E-state index in [-0.39, 0.29) is 5.91 Å². The second kappa shape index (κ2) is 6.95. The molecule has 0 aromatic carbocycles. The Kier molecular flexibility index (Phi) is 4.76. The number of carbonyl (C=O) groups is 1. The van der Waals surface area contributed by atoms with Gasteiger partial charge in [0.15, 0.2) is 0 Å². The van der Waals surface area contributed by atoms with Crippen LogP contribution in [0.2, 0.25) is 0 Å². The molecular weight excluding hydrogens is 312 g/mol. The van der Waals surface area contributed by atoms with Crippen LogP contribution in [0.25, 0.3) is 0 Å². The fourth-order valence-corrected chi connectivity index (χ4v) is 3.48. The number of rotatable bonds is 4. The zero-order chi connectivity index (χ0) is 16.2. The molecule has 3 rings (SSSR count).